The molecule has 1 rings (SSSR count). The van der Waals surface area contributed by atoms with Gasteiger partial charge in [0, 0.05) is 12.5 Å². The standard InChI is InChI=1S/C10H17Cl2NO/c1-4-5-6-13-8(14)9(3)7(2)10(9,11)12/h7H,4-6H2,1-3H3,(H,13,14). The van der Waals surface area contributed by atoms with Gasteiger partial charge in [-0.05, 0) is 13.3 Å². The van der Waals surface area contributed by atoms with E-state index < -0.39 is 9.75 Å². The van der Waals surface area contributed by atoms with Crippen LogP contribution < -0.4 is 5.32 Å². The first-order valence-corrected chi connectivity index (χ1v) is 5.80. The number of rotatable bonds is 4. The molecule has 0 aromatic heterocycles. The van der Waals surface area contributed by atoms with Crippen LogP contribution in [0.2, 0.25) is 0 Å². The number of nitrogens with one attached hydrogen (secondary N) is 1. The van der Waals surface area contributed by atoms with Gasteiger partial charge in [0.05, 0.1) is 5.41 Å². The minimum atomic E-state index is -0.886. The van der Waals surface area contributed by atoms with E-state index in [0.717, 1.165) is 12.8 Å². The van der Waals surface area contributed by atoms with Crippen molar-refractivity contribution in [1.82, 2.24) is 5.32 Å². The van der Waals surface area contributed by atoms with Crippen LogP contribution in [-0.4, -0.2) is 16.8 Å². The lowest BCUT2D eigenvalue weighted by Crippen LogP contribution is -2.34. The summed E-state index contributed by atoms with van der Waals surface area (Å²) in [6.45, 7) is 6.51. The van der Waals surface area contributed by atoms with Gasteiger partial charge in [-0.1, -0.05) is 20.3 Å². The summed E-state index contributed by atoms with van der Waals surface area (Å²) in [5, 5.41) is 2.86. The molecule has 0 aromatic carbocycles. The molecule has 14 heavy (non-hydrogen) atoms. The highest BCUT2D eigenvalue weighted by molar-refractivity contribution is 6.53. The Labute approximate surface area is 95.3 Å². The number of carbonyl (C=O) groups is 1. The Morgan fingerprint density at radius 2 is 2.00 bits per heavy atom. The van der Waals surface area contributed by atoms with Crippen molar-refractivity contribution in [2.45, 2.75) is 37.9 Å². The van der Waals surface area contributed by atoms with Crippen molar-refractivity contribution in [1.29, 1.82) is 0 Å². The van der Waals surface area contributed by atoms with Crippen LogP contribution in [0.25, 0.3) is 0 Å². The van der Waals surface area contributed by atoms with Crippen molar-refractivity contribution in [2.75, 3.05) is 6.54 Å². The molecule has 0 saturated heterocycles. The summed E-state index contributed by atoms with van der Waals surface area (Å²) in [6.07, 6.45) is 2.06. The molecule has 0 spiro atoms. The third-order valence-electron chi connectivity index (χ3n) is 3.31. The summed E-state index contributed by atoms with van der Waals surface area (Å²) in [4.78, 5) is 11.7. The molecule has 0 aliphatic heterocycles. The van der Waals surface area contributed by atoms with Crippen LogP contribution in [0.15, 0.2) is 0 Å². The van der Waals surface area contributed by atoms with Gasteiger partial charge in [0.15, 0.2) is 0 Å². The molecule has 4 heteroatoms. The zero-order chi connectivity index (χ0) is 11.0. The van der Waals surface area contributed by atoms with E-state index in [0.29, 0.717) is 6.54 Å². The van der Waals surface area contributed by atoms with Crippen molar-refractivity contribution in [2.24, 2.45) is 11.3 Å². The molecule has 1 fully saturated rings. The molecular formula is C10H17Cl2NO. The fourth-order valence-corrected chi connectivity index (χ4v) is 2.47. The van der Waals surface area contributed by atoms with Crippen molar-refractivity contribution < 1.29 is 4.79 Å². The lowest BCUT2D eigenvalue weighted by atomic mass is 10.1. The third-order valence-corrected chi connectivity index (χ3v) is 4.75. The molecule has 0 heterocycles. The van der Waals surface area contributed by atoms with E-state index in [4.69, 9.17) is 23.2 Å². The molecule has 2 unspecified atom stereocenters. The molecule has 1 amide bonds. The molecule has 1 N–H and O–H groups in total. The second-order valence-electron chi connectivity index (χ2n) is 4.16. The van der Waals surface area contributed by atoms with Crippen LogP contribution in [0.5, 0.6) is 0 Å². The SMILES string of the molecule is CCCCNC(=O)C1(C)C(C)C1(Cl)Cl. The minimum Gasteiger partial charge on any atom is -0.356 e. The molecular weight excluding hydrogens is 221 g/mol. The van der Waals surface area contributed by atoms with E-state index in [2.05, 4.69) is 12.2 Å². The maximum absolute atomic E-state index is 11.7. The lowest BCUT2D eigenvalue weighted by Gasteiger charge is -2.12. The molecule has 1 saturated carbocycles. The Kier molecular flexibility index (Phi) is 3.37. The highest BCUT2D eigenvalue weighted by Gasteiger charge is 2.74. The Balaban J connectivity index is 2.47. The highest BCUT2D eigenvalue weighted by Crippen LogP contribution is 2.68. The minimum absolute atomic E-state index is 0.0246. The third kappa shape index (κ3) is 1.63. The Morgan fingerprint density at radius 1 is 1.50 bits per heavy atom. The van der Waals surface area contributed by atoms with Crippen LogP contribution in [-0.2, 0) is 4.79 Å². The predicted octanol–water partition coefficient (Wildman–Crippen LogP) is 2.73. The van der Waals surface area contributed by atoms with E-state index in [1.165, 1.54) is 0 Å². The average molecular weight is 238 g/mol. The first-order valence-electron chi connectivity index (χ1n) is 5.05. The molecule has 0 radical (unpaired) electrons. The number of hydrogen-bond donors (Lipinski definition) is 1. The van der Waals surface area contributed by atoms with Crippen LogP contribution in [0.1, 0.15) is 33.6 Å². The van der Waals surface area contributed by atoms with Crippen LogP contribution in [0, 0.1) is 11.3 Å². The van der Waals surface area contributed by atoms with Gasteiger partial charge in [0.1, 0.15) is 4.33 Å². The summed E-state index contributed by atoms with van der Waals surface area (Å²) in [5.74, 6) is 0.00316. The first kappa shape index (κ1) is 12.1. The molecule has 2 nitrogen and oxygen atoms in total. The summed E-state index contributed by atoms with van der Waals surface area (Å²) >= 11 is 12.0. The molecule has 1 aliphatic rings. The average Bonchev–Trinajstić information content (AvgIpc) is 2.52. The second kappa shape index (κ2) is 3.90. The van der Waals surface area contributed by atoms with E-state index >= 15 is 0 Å². The number of alkyl halides is 2. The molecule has 0 bridgehead atoms. The van der Waals surface area contributed by atoms with Gasteiger partial charge in [0.25, 0.3) is 0 Å². The predicted molar refractivity (Wildman–Crippen MR) is 59.6 cm³/mol. The zero-order valence-electron chi connectivity index (χ0n) is 8.86. The van der Waals surface area contributed by atoms with Gasteiger partial charge in [-0.25, -0.2) is 0 Å². The zero-order valence-corrected chi connectivity index (χ0v) is 10.4. The van der Waals surface area contributed by atoms with Crippen molar-refractivity contribution in [3.8, 4) is 0 Å². The Morgan fingerprint density at radius 3 is 2.36 bits per heavy atom. The van der Waals surface area contributed by atoms with Crippen molar-refractivity contribution >= 4 is 29.1 Å². The number of carbonyl (C=O) groups excluding carboxylic acids is 1. The van der Waals surface area contributed by atoms with E-state index in [-0.39, 0.29) is 11.8 Å². The van der Waals surface area contributed by atoms with Crippen LogP contribution in [0.4, 0.5) is 0 Å². The highest BCUT2D eigenvalue weighted by atomic mass is 35.5. The second-order valence-corrected chi connectivity index (χ2v) is 5.54. The van der Waals surface area contributed by atoms with Crippen LogP contribution in [0.3, 0.4) is 0 Å². The summed E-state index contributed by atoms with van der Waals surface area (Å²) < 4.78 is -0.886. The fraction of sp³-hybridized carbons (Fsp3) is 0.900. The van der Waals surface area contributed by atoms with Gasteiger partial charge in [0.2, 0.25) is 5.91 Å². The van der Waals surface area contributed by atoms with Gasteiger partial charge in [-0.15, -0.1) is 23.2 Å². The van der Waals surface area contributed by atoms with Gasteiger partial charge < -0.3 is 5.32 Å². The number of unbranched alkanes of at least 4 members (excludes halogenated alkanes) is 1. The van der Waals surface area contributed by atoms with E-state index in [1.54, 1.807) is 0 Å². The molecule has 82 valence electrons. The lowest BCUT2D eigenvalue weighted by molar-refractivity contribution is -0.126. The molecule has 2 atom stereocenters. The number of amides is 1. The Bertz CT molecular complexity index is 242. The fourth-order valence-electron chi connectivity index (χ4n) is 1.65. The summed E-state index contributed by atoms with van der Waals surface area (Å²) in [6, 6.07) is 0. The smallest absolute Gasteiger partial charge is 0.229 e. The molecule has 0 aromatic rings. The quantitative estimate of drug-likeness (QED) is 0.592. The number of hydrogen-bond acceptors (Lipinski definition) is 1. The monoisotopic (exact) mass is 237 g/mol. The first-order chi connectivity index (χ1) is 6.39. The Hall–Kier alpha value is 0.0500. The topological polar surface area (TPSA) is 29.1 Å². The maximum Gasteiger partial charge on any atom is 0.229 e. The number of halogens is 2. The maximum atomic E-state index is 11.7. The molecule has 1 aliphatic carbocycles. The van der Waals surface area contributed by atoms with Crippen molar-refractivity contribution in [3.05, 3.63) is 0 Å². The van der Waals surface area contributed by atoms with Crippen molar-refractivity contribution in [3.63, 3.8) is 0 Å². The van der Waals surface area contributed by atoms with E-state index in [1.807, 2.05) is 13.8 Å². The summed E-state index contributed by atoms with van der Waals surface area (Å²) in [7, 11) is 0. The summed E-state index contributed by atoms with van der Waals surface area (Å²) in [5.41, 5.74) is -0.607. The largest absolute Gasteiger partial charge is 0.356 e. The van der Waals surface area contributed by atoms with E-state index in [9.17, 15) is 4.79 Å². The van der Waals surface area contributed by atoms with Gasteiger partial charge in [-0.3, -0.25) is 4.79 Å². The van der Waals surface area contributed by atoms with Crippen LogP contribution >= 0.6 is 23.2 Å². The van der Waals surface area contributed by atoms with Gasteiger partial charge >= 0.3 is 0 Å². The normalized spacial score (nSPS) is 33.9. The van der Waals surface area contributed by atoms with Gasteiger partial charge in [-0.2, -0.15) is 0 Å².